The zero-order valence-electron chi connectivity index (χ0n) is 13.7. The van der Waals surface area contributed by atoms with Crippen molar-refractivity contribution in [1.29, 1.82) is 0 Å². The summed E-state index contributed by atoms with van der Waals surface area (Å²) in [6.07, 6.45) is 0. The van der Waals surface area contributed by atoms with Crippen molar-refractivity contribution in [2.75, 3.05) is 5.32 Å². The molecule has 0 spiro atoms. The van der Waals surface area contributed by atoms with Crippen molar-refractivity contribution in [3.8, 4) is 0 Å². The Balaban J connectivity index is 2.32. The molecule has 0 radical (unpaired) electrons. The molecular weight excluding hydrogens is 384 g/mol. The molecular formula is C17H11ClF2N3O4-. The topological polar surface area (TPSA) is 113 Å². The number of carbonyl (C=O) groups excluding carboxylic acids is 1. The van der Waals surface area contributed by atoms with Gasteiger partial charge in [0.05, 0.1) is 11.1 Å². The van der Waals surface area contributed by atoms with E-state index < -0.39 is 33.8 Å². The van der Waals surface area contributed by atoms with Gasteiger partial charge in [0, 0.05) is 17.2 Å². The Labute approximate surface area is 155 Å². The number of halogens is 3. The highest BCUT2D eigenvalue weighted by Gasteiger charge is 2.20. The lowest BCUT2D eigenvalue weighted by atomic mass is 10.1. The Kier molecular flexibility index (Phi) is 4.94. The van der Waals surface area contributed by atoms with Crippen LogP contribution in [0.25, 0.3) is 10.9 Å². The van der Waals surface area contributed by atoms with Gasteiger partial charge in [0.2, 0.25) is 5.43 Å². The predicted molar refractivity (Wildman–Crippen MR) is 96.6 cm³/mol. The molecule has 0 fully saturated rings. The third-order valence-electron chi connectivity index (χ3n) is 3.84. The molecule has 0 saturated heterocycles. The minimum Gasteiger partial charge on any atom is -0.628 e. The van der Waals surface area contributed by atoms with Gasteiger partial charge in [-0.25, -0.2) is 8.78 Å². The fourth-order valence-corrected chi connectivity index (χ4v) is 2.89. The number of ketones is 1. The number of Topliss-reactive ketones (excluding diaryl/α,β-unsaturated/α-hetero) is 1. The summed E-state index contributed by atoms with van der Waals surface area (Å²) in [4.78, 5) is 27.3. The summed E-state index contributed by atoms with van der Waals surface area (Å²) >= 11 is 5.85. The van der Waals surface area contributed by atoms with Gasteiger partial charge >= 0.3 is 0 Å². The molecule has 0 atom stereocenters. The van der Waals surface area contributed by atoms with Crippen LogP contribution in [-0.2, 0) is 0 Å². The highest BCUT2D eigenvalue weighted by Crippen LogP contribution is 2.27. The molecule has 0 aliphatic carbocycles. The zero-order valence-corrected chi connectivity index (χ0v) is 14.4. The Morgan fingerprint density at radius 1 is 1.22 bits per heavy atom. The number of quaternary nitrogens is 1. The van der Waals surface area contributed by atoms with Gasteiger partial charge in [0.1, 0.15) is 28.5 Å². The van der Waals surface area contributed by atoms with Crippen LogP contribution in [0.15, 0.2) is 35.1 Å². The fourth-order valence-electron chi connectivity index (χ4n) is 2.67. The predicted octanol–water partition coefficient (Wildman–Crippen LogP) is 2.92. The molecule has 0 bridgehead atoms. The summed E-state index contributed by atoms with van der Waals surface area (Å²) in [5.41, 5.74) is -1.95. The van der Waals surface area contributed by atoms with Gasteiger partial charge in [-0.05, 0) is 25.1 Å². The summed E-state index contributed by atoms with van der Waals surface area (Å²) in [7, 11) is 0. The van der Waals surface area contributed by atoms with E-state index in [0.717, 1.165) is 25.1 Å². The molecule has 0 aliphatic heterocycles. The monoisotopic (exact) mass is 394 g/mol. The van der Waals surface area contributed by atoms with Gasteiger partial charge < -0.3 is 25.9 Å². The molecule has 3 aromatic rings. The maximum atomic E-state index is 13.9. The van der Waals surface area contributed by atoms with Crippen LogP contribution in [0.3, 0.4) is 0 Å². The lowest BCUT2D eigenvalue weighted by Crippen LogP contribution is -2.96. The first-order valence-electron chi connectivity index (χ1n) is 7.53. The average molecular weight is 395 g/mol. The van der Waals surface area contributed by atoms with Gasteiger partial charge in [-0.2, -0.15) is 0 Å². The first-order chi connectivity index (χ1) is 12.7. The number of anilines is 2. The van der Waals surface area contributed by atoms with Gasteiger partial charge in [-0.1, -0.05) is 11.6 Å². The molecule has 2 aromatic carbocycles. The smallest absolute Gasteiger partial charge is 0.202 e. The number of H-pyrrole nitrogens is 1. The van der Waals surface area contributed by atoms with E-state index in [2.05, 4.69) is 10.3 Å². The van der Waals surface area contributed by atoms with E-state index in [0.29, 0.717) is 6.07 Å². The van der Waals surface area contributed by atoms with Crippen LogP contribution in [-0.4, -0.2) is 10.8 Å². The van der Waals surface area contributed by atoms with Crippen LogP contribution in [0.4, 0.5) is 26.0 Å². The van der Waals surface area contributed by atoms with E-state index in [9.17, 15) is 28.8 Å². The Bertz CT molecular complexity index is 1130. The van der Waals surface area contributed by atoms with E-state index in [1.807, 2.05) is 0 Å². The number of aromatic nitrogens is 1. The quantitative estimate of drug-likeness (QED) is 0.465. The van der Waals surface area contributed by atoms with E-state index in [4.69, 9.17) is 11.6 Å². The number of nitrogens with one attached hydrogen (secondary N) is 3. The normalized spacial score (nSPS) is 11.2. The minimum absolute atomic E-state index is 0.0352. The fraction of sp³-hybridized carbons (Fsp3) is 0.0588. The van der Waals surface area contributed by atoms with Crippen molar-refractivity contribution in [3.05, 3.63) is 73.2 Å². The number of hydrogen-bond donors (Lipinski definition) is 3. The highest BCUT2D eigenvalue weighted by molar-refractivity contribution is 6.31. The van der Waals surface area contributed by atoms with Crippen LogP contribution < -0.4 is 16.0 Å². The zero-order chi connectivity index (χ0) is 19.9. The molecule has 0 amide bonds. The molecule has 0 unspecified atom stereocenters. The number of benzene rings is 2. The maximum Gasteiger partial charge on any atom is 0.202 e. The van der Waals surface area contributed by atoms with Crippen LogP contribution >= 0.6 is 11.6 Å². The van der Waals surface area contributed by atoms with Gasteiger partial charge in [-0.15, -0.1) is 0 Å². The van der Waals surface area contributed by atoms with E-state index >= 15 is 0 Å². The lowest BCUT2D eigenvalue weighted by molar-refractivity contribution is -0.714. The molecule has 0 saturated carbocycles. The molecule has 3 rings (SSSR count). The molecule has 1 aromatic heterocycles. The molecule has 27 heavy (non-hydrogen) atoms. The SMILES string of the molecule is CC(=O)c1c(Nc2ccc(F)cc2F)[nH]c2c([NH+]([O-])[O-])cc(Cl)cc2c1=O. The molecule has 140 valence electrons. The number of fused-ring (bicyclic) bond motifs is 1. The summed E-state index contributed by atoms with van der Waals surface area (Å²) in [6.45, 7) is 1.12. The Hall–Kier alpha value is -2.85. The molecule has 3 N–H and O–H groups in total. The second-order valence-corrected chi connectivity index (χ2v) is 6.11. The van der Waals surface area contributed by atoms with Gasteiger partial charge in [0.15, 0.2) is 11.5 Å². The van der Waals surface area contributed by atoms with Crippen molar-refractivity contribution in [1.82, 2.24) is 4.98 Å². The molecule has 10 heteroatoms. The van der Waals surface area contributed by atoms with Crippen molar-refractivity contribution in [3.63, 3.8) is 0 Å². The second-order valence-electron chi connectivity index (χ2n) is 5.67. The number of pyridine rings is 1. The summed E-state index contributed by atoms with van der Waals surface area (Å²) in [5.74, 6) is -2.68. The number of aromatic amines is 1. The van der Waals surface area contributed by atoms with E-state index in [-0.39, 0.29) is 33.0 Å². The summed E-state index contributed by atoms with van der Waals surface area (Å²) in [5, 5.41) is 23.5. The number of carbonyl (C=O) groups is 1. The van der Waals surface area contributed by atoms with Gasteiger partial charge in [0.25, 0.3) is 0 Å². The van der Waals surface area contributed by atoms with E-state index in [1.165, 1.54) is 6.07 Å². The standard InChI is InChI=1S/C17H11ClF2N3O4/c1-7(24)14-16(25)10-4-8(18)5-13(23(26)27)15(10)22-17(14)21-12-3-2-9(19)6-11(12)20/h2-6,23H,1H3,(H2,21,22,25)/q-1. The van der Waals surface area contributed by atoms with Crippen LogP contribution in [0.2, 0.25) is 5.02 Å². The van der Waals surface area contributed by atoms with E-state index in [1.54, 1.807) is 0 Å². The number of hydrogen-bond acceptors (Lipinski definition) is 5. The molecule has 7 nitrogen and oxygen atoms in total. The third-order valence-corrected chi connectivity index (χ3v) is 4.06. The highest BCUT2D eigenvalue weighted by atomic mass is 35.5. The molecule has 1 heterocycles. The van der Waals surface area contributed by atoms with Gasteiger partial charge in [-0.3, -0.25) is 9.59 Å². The third kappa shape index (κ3) is 3.53. The first kappa shape index (κ1) is 18.9. The van der Waals surface area contributed by atoms with Crippen LogP contribution in [0.5, 0.6) is 0 Å². The Morgan fingerprint density at radius 2 is 1.93 bits per heavy atom. The minimum atomic E-state index is -1.60. The maximum absolute atomic E-state index is 13.9. The van der Waals surface area contributed by atoms with Crippen molar-refractivity contribution >= 4 is 45.5 Å². The van der Waals surface area contributed by atoms with Crippen molar-refractivity contribution in [2.45, 2.75) is 6.92 Å². The second kappa shape index (κ2) is 7.05. The number of rotatable bonds is 4. The van der Waals surface area contributed by atoms with Crippen LogP contribution in [0, 0.1) is 22.0 Å². The molecule has 0 aliphatic rings. The summed E-state index contributed by atoms with van der Waals surface area (Å²) < 4.78 is 27.0. The largest absolute Gasteiger partial charge is 0.628 e. The Morgan fingerprint density at radius 3 is 2.52 bits per heavy atom. The average Bonchev–Trinajstić information content (AvgIpc) is 2.57. The van der Waals surface area contributed by atoms with Crippen molar-refractivity contribution < 1.29 is 18.8 Å². The lowest BCUT2D eigenvalue weighted by Gasteiger charge is -2.26. The van der Waals surface area contributed by atoms with Crippen LogP contribution in [0.1, 0.15) is 17.3 Å². The summed E-state index contributed by atoms with van der Waals surface area (Å²) in [6, 6.07) is 4.94. The first-order valence-corrected chi connectivity index (χ1v) is 7.90. The van der Waals surface area contributed by atoms with Crippen molar-refractivity contribution in [2.24, 2.45) is 0 Å².